The third-order valence-electron chi connectivity index (χ3n) is 3.81. The maximum atomic E-state index is 13.7. The lowest BCUT2D eigenvalue weighted by atomic mass is 10.0. The monoisotopic (exact) mass is 281 g/mol. The Balaban J connectivity index is 2.44. The Morgan fingerprint density at radius 2 is 1.95 bits per heavy atom. The van der Waals surface area contributed by atoms with Crippen molar-refractivity contribution in [2.75, 3.05) is 20.3 Å². The highest BCUT2D eigenvalue weighted by Gasteiger charge is 2.14. The Bertz CT molecular complexity index is 370. The van der Waals surface area contributed by atoms with Crippen LogP contribution in [0.15, 0.2) is 24.3 Å². The second kappa shape index (κ2) is 9.89. The zero-order chi connectivity index (χ0) is 14.8. The normalized spacial score (nSPS) is 14.2. The van der Waals surface area contributed by atoms with Gasteiger partial charge in [-0.05, 0) is 25.5 Å². The van der Waals surface area contributed by atoms with E-state index in [9.17, 15) is 4.39 Å². The highest BCUT2D eigenvalue weighted by atomic mass is 19.1. The van der Waals surface area contributed by atoms with E-state index in [4.69, 9.17) is 4.74 Å². The van der Waals surface area contributed by atoms with Crippen molar-refractivity contribution < 1.29 is 9.13 Å². The second-order valence-corrected chi connectivity index (χ2v) is 5.32. The van der Waals surface area contributed by atoms with Crippen molar-refractivity contribution in [3.8, 4) is 0 Å². The number of halogens is 1. The summed E-state index contributed by atoms with van der Waals surface area (Å²) in [6.45, 7) is 5.70. The fraction of sp³-hybridized carbons (Fsp3) is 0.647. The van der Waals surface area contributed by atoms with Crippen LogP contribution in [0.3, 0.4) is 0 Å². The zero-order valence-electron chi connectivity index (χ0n) is 13.0. The molecule has 0 aliphatic heterocycles. The number of benzene rings is 1. The van der Waals surface area contributed by atoms with Gasteiger partial charge in [0.1, 0.15) is 5.82 Å². The van der Waals surface area contributed by atoms with Crippen molar-refractivity contribution in [1.29, 1.82) is 0 Å². The molecule has 114 valence electrons. The van der Waals surface area contributed by atoms with E-state index in [0.717, 1.165) is 13.0 Å². The number of hydrogen-bond acceptors (Lipinski definition) is 2. The minimum Gasteiger partial charge on any atom is -0.379 e. The van der Waals surface area contributed by atoms with Crippen molar-refractivity contribution in [1.82, 2.24) is 5.32 Å². The molecular formula is C17H28FNO. The average molecular weight is 281 g/mol. The molecule has 2 unspecified atom stereocenters. The lowest BCUT2D eigenvalue weighted by molar-refractivity contribution is 0.0774. The third-order valence-corrected chi connectivity index (χ3v) is 3.81. The van der Waals surface area contributed by atoms with Gasteiger partial charge < -0.3 is 10.1 Å². The van der Waals surface area contributed by atoms with Crippen LogP contribution in [0.4, 0.5) is 4.39 Å². The summed E-state index contributed by atoms with van der Waals surface area (Å²) >= 11 is 0. The maximum Gasteiger partial charge on any atom is 0.128 e. The molecule has 0 fully saturated rings. The van der Waals surface area contributed by atoms with Gasteiger partial charge in [0.2, 0.25) is 0 Å². The first-order valence-electron chi connectivity index (χ1n) is 7.72. The predicted octanol–water partition coefficient (Wildman–Crippen LogP) is 4.32. The van der Waals surface area contributed by atoms with Crippen LogP contribution < -0.4 is 5.32 Å². The molecule has 0 aliphatic carbocycles. The Labute approximate surface area is 122 Å². The van der Waals surface area contributed by atoms with Crippen molar-refractivity contribution in [3.05, 3.63) is 35.6 Å². The summed E-state index contributed by atoms with van der Waals surface area (Å²) < 4.78 is 19.6. The van der Waals surface area contributed by atoms with Crippen molar-refractivity contribution in [2.45, 2.75) is 45.6 Å². The van der Waals surface area contributed by atoms with Crippen LogP contribution in [0.5, 0.6) is 0 Å². The number of nitrogens with one attached hydrogen (secondary N) is 1. The van der Waals surface area contributed by atoms with E-state index in [1.165, 1.54) is 25.3 Å². The van der Waals surface area contributed by atoms with E-state index in [-0.39, 0.29) is 11.9 Å². The predicted molar refractivity (Wildman–Crippen MR) is 82.3 cm³/mol. The highest BCUT2D eigenvalue weighted by molar-refractivity contribution is 5.21. The molecule has 0 saturated heterocycles. The maximum absolute atomic E-state index is 13.7. The first-order valence-corrected chi connectivity index (χ1v) is 7.72. The smallest absolute Gasteiger partial charge is 0.128 e. The minimum absolute atomic E-state index is 0.0834. The van der Waals surface area contributed by atoms with Crippen LogP contribution in [0.25, 0.3) is 0 Å². The molecule has 1 rings (SSSR count). The number of ether oxygens (including phenoxy) is 1. The van der Waals surface area contributed by atoms with Gasteiger partial charge in [0.25, 0.3) is 0 Å². The summed E-state index contributed by atoms with van der Waals surface area (Å²) in [6, 6.07) is 6.80. The number of likely N-dealkylation sites (N-methyl/N-ethyl adjacent to an activating group) is 1. The molecule has 20 heavy (non-hydrogen) atoms. The molecule has 0 heterocycles. The van der Waals surface area contributed by atoms with Gasteiger partial charge in [0.05, 0.1) is 12.6 Å². The summed E-state index contributed by atoms with van der Waals surface area (Å²) in [7, 11) is 1.84. The largest absolute Gasteiger partial charge is 0.379 e. The molecule has 2 nitrogen and oxygen atoms in total. The molecule has 0 spiro atoms. The van der Waals surface area contributed by atoms with Gasteiger partial charge in [0, 0.05) is 12.2 Å². The molecule has 3 heteroatoms. The van der Waals surface area contributed by atoms with Crippen molar-refractivity contribution in [2.24, 2.45) is 5.92 Å². The molecule has 1 N–H and O–H groups in total. The van der Waals surface area contributed by atoms with Crippen LogP contribution >= 0.6 is 0 Å². The van der Waals surface area contributed by atoms with Gasteiger partial charge in [0.15, 0.2) is 0 Å². The summed E-state index contributed by atoms with van der Waals surface area (Å²) in [5.41, 5.74) is 0.677. The summed E-state index contributed by atoms with van der Waals surface area (Å²) in [5.74, 6) is 0.446. The van der Waals surface area contributed by atoms with Gasteiger partial charge in [-0.15, -0.1) is 0 Å². The lowest BCUT2D eigenvalue weighted by Crippen LogP contribution is -2.24. The third kappa shape index (κ3) is 5.59. The van der Waals surface area contributed by atoms with E-state index in [0.29, 0.717) is 18.1 Å². The van der Waals surface area contributed by atoms with Crippen LogP contribution in [-0.2, 0) is 4.74 Å². The average Bonchev–Trinajstić information content (AvgIpc) is 2.48. The van der Waals surface area contributed by atoms with Crippen LogP contribution in [0, 0.1) is 11.7 Å². The zero-order valence-corrected chi connectivity index (χ0v) is 13.0. The minimum atomic E-state index is -0.173. The van der Waals surface area contributed by atoms with Crippen molar-refractivity contribution in [3.63, 3.8) is 0 Å². The highest BCUT2D eigenvalue weighted by Crippen LogP contribution is 2.18. The number of hydrogen-bond donors (Lipinski definition) is 1. The van der Waals surface area contributed by atoms with E-state index in [1.807, 2.05) is 19.2 Å². The van der Waals surface area contributed by atoms with Crippen molar-refractivity contribution >= 4 is 0 Å². The quantitative estimate of drug-likeness (QED) is 0.689. The Morgan fingerprint density at radius 1 is 1.20 bits per heavy atom. The molecule has 0 amide bonds. The number of rotatable bonds is 10. The van der Waals surface area contributed by atoms with E-state index in [2.05, 4.69) is 19.2 Å². The Morgan fingerprint density at radius 3 is 2.55 bits per heavy atom. The Kier molecular flexibility index (Phi) is 8.47. The first-order chi connectivity index (χ1) is 9.72. The topological polar surface area (TPSA) is 21.3 Å². The van der Waals surface area contributed by atoms with Crippen LogP contribution in [-0.4, -0.2) is 20.3 Å². The van der Waals surface area contributed by atoms with Gasteiger partial charge in [-0.2, -0.15) is 0 Å². The fourth-order valence-electron chi connectivity index (χ4n) is 2.34. The van der Waals surface area contributed by atoms with E-state index in [1.54, 1.807) is 6.07 Å². The number of unbranched alkanes of at least 4 members (excludes halogenated alkanes) is 1. The van der Waals surface area contributed by atoms with E-state index < -0.39 is 0 Å². The molecule has 0 aliphatic rings. The molecule has 1 aromatic rings. The molecule has 1 aromatic carbocycles. The summed E-state index contributed by atoms with van der Waals surface area (Å²) in [5, 5.41) is 3.13. The fourth-order valence-corrected chi connectivity index (χ4v) is 2.34. The van der Waals surface area contributed by atoms with Gasteiger partial charge in [-0.1, -0.05) is 51.3 Å². The Hall–Kier alpha value is -0.930. The van der Waals surface area contributed by atoms with Gasteiger partial charge in [-0.25, -0.2) is 4.39 Å². The first kappa shape index (κ1) is 17.1. The molecule has 0 saturated carbocycles. The molecule has 0 bridgehead atoms. The summed E-state index contributed by atoms with van der Waals surface area (Å²) in [4.78, 5) is 0. The lowest BCUT2D eigenvalue weighted by Gasteiger charge is -2.20. The molecular weight excluding hydrogens is 253 g/mol. The molecule has 0 radical (unpaired) electrons. The van der Waals surface area contributed by atoms with Crippen LogP contribution in [0.1, 0.15) is 51.1 Å². The van der Waals surface area contributed by atoms with Gasteiger partial charge >= 0.3 is 0 Å². The van der Waals surface area contributed by atoms with Crippen LogP contribution in [0.2, 0.25) is 0 Å². The summed E-state index contributed by atoms with van der Waals surface area (Å²) in [6.07, 6.45) is 4.84. The van der Waals surface area contributed by atoms with E-state index >= 15 is 0 Å². The standard InChI is InChI=1S/C17H28FNO/c1-4-6-9-14(5-2)12-20-13-17(19-3)15-10-7-8-11-16(15)18/h7-8,10-11,14,17,19H,4-6,9,12-13H2,1-3H3. The molecule has 0 aromatic heterocycles. The van der Waals surface area contributed by atoms with Gasteiger partial charge in [-0.3, -0.25) is 0 Å². The second-order valence-electron chi connectivity index (χ2n) is 5.32. The SMILES string of the molecule is CCCCC(CC)COCC(NC)c1ccccc1F. The molecule has 2 atom stereocenters.